The number of hydrogen-bond acceptors (Lipinski definition) is 2. The number of nitrogens with one attached hydrogen (secondary N) is 1. The molecular weight excluding hydrogens is 372 g/mol. The Hall–Kier alpha value is -2.79. The highest BCUT2D eigenvalue weighted by Crippen LogP contribution is 2.36. The van der Waals surface area contributed by atoms with Gasteiger partial charge in [0.15, 0.2) is 0 Å². The molecule has 2 atom stereocenters. The van der Waals surface area contributed by atoms with E-state index in [1.807, 2.05) is 0 Å². The van der Waals surface area contributed by atoms with Gasteiger partial charge in [0, 0.05) is 37.0 Å². The normalized spacial score (nSPS) is 27.8. The van der Waals surface area contributed by atoms with Gasteiger partial charge >= 0.3 is 6.03 Å². The zero-order valence-corrected chi connectivity index (χ0v) is 17.2. The minimum atomic E-state index is -0.0529. The van der Waals surface area contributed by atoms with Gasteiger partial charge in [-0.05, 0) is 73.2 Å². The molecule has 2 aromatic heterocycles. The summed E-state index contributed by atoms with van der Waals surface area (Å²) < 4.78 is 2.15. The number of carbonyl (C=O) groups is 1. The smallest absolute Gasteiger partial charge is 0.318 e. The number of carbonyl (C=O) groups excluding carboxylic acids is 1. The summed E-state index contributed by atoms with van der Waals surface area (Å²) in [7, 11) is 0. The Kier molecular flexibility index (Phi) is 4.30. The van der Waals surface area contributed by atoms with Crippen molar-refractivity contribution in [2.45, 2.75) is 31.3 Å². The van der Waals surface area contributed by atoms with E-state index in [-0.39, 0.29) is 18.1 Å². The summed E-state index contributed by atoms with van der Waals surface area (Å²) in [5.74, 6) is 0.630. The SMILES string of the molecule is O=C(N[C@@H]1CN2CCC1CC2)N1CCc2ccccc2[C@@H]1c1ccc2cccn2c1. The third-order valence-electron chi connectivity index (χ3n) is 7.37. The van der Waals surface area contributed by atoms with Crippen molar-refractivity contribution in [2.75, 3.05) is 26.2 Å². The number of benzene rings is 1. The number of urea groups is 1. The molecule has 5 heteroatoms. The van der Waals surface area contributed by atoms with Crippen LogP contribution in [0.2, 0.25) is 0 Å². The first kappa shape index (κ1) is 18.0. The Morgan fingerprint density at radius 3 is 2.67 bits per heavy atom. The first-order chi connectivity index (χ1) is 14.8. The molecule has 7 rings (SSSR count). The van der Waals surface area contributed by atoms with Crippen molar-refractivity contribution in [2.24, 2.45) is 5.92 Å². The zero-order chi connectivity index (χ0) is 20.1. The third kappa shape index (κ3) is 3.00. The van der Waals surface area contributed by atoms with Crippen molar-refractivity contribution >= 4 is 11.5 Å². The highest BCUT2D eigenvalue weighted by molar-refractivity contribution is 5.76. The van der Waals surface area contributed by atoms with Crippen LogP contribution >= 0.6 is 0 Å². The maximum Gasteiger partial charge on any atom is 0.318 e. The summed E-state index contributed by atoms with van der Waals surface area (Å²) in [6.07, 6.45) is 7.58. The number of fused-ring (bicyclic) bond motifs is 5. The molecule has 0 spiro atoms. The molecule has 0 radical (unpaired) electrons. The number of nitrogens with zero attached hydrogens (tertiary/aromatic N) is 3. The van der Waals surface area contributed by atoms with Gasteiger partial charge in [0.1, 0.15) is 0 Å². The summed E-state index contributed by atoms with van der Waals surface area (Å²) in [4.78, 5) is 18.1. The molecule has 0 aliphatic carbocycles. The molecule has 30 heavy (non-hydrogen) atoms. The van der Waals surface area contributed by atoms with E-state index in [1.54, 1.807) is 0 Å². The summed E-state index contributed by atoms with van der Waals surface area (Å²) in [5.41, 5.74) is 4.93. The predicted octanol–water partition coefficient (Wildman–Crippen LogP) is 3.69. The first-order valence-electron chi connectivity index (χ1n) is 11.2. The Bertz CT molecular complexity index is 1080. The lowest BCUT2D eigenvalue weighted by Crippen LogP contribution is -2.59. The molecule has 0 unspecified atom stereocenters. The topological polar surface area (TPSA) is 40.0 Å². The van der Waals surface area contributed by atoms with Gasteiger partial charge < -0.3 is 19.5 Å². The van der Waals surface area contributed by atoms with Crippen LogP contribution < -0.4 is 5.32 Å². The van der Waals surface area contributed by atoms with Crippen molar-refractivity contribution in [3.05, 3.63) is 77.6 Å². The maximum atomic E-state index is 13.5. The van der Waals surface area contributed by atoms with Crippen LogP contribution in [0.25, 0.3) is 5.52 Å². The molecule has 3 aromatic rings. The number of pyridine rings is 1. The zero-order valence-electron chi connectivity index (χ0n) is 17.2. The van der Waals surface area contributed by atoms with Gasteiger partial charge in [-0.1, -0.05) is 30.3 Å². The van der Waals surface area contributed by atoms with Crippen LogP contribution in [0.1, 0.15) is 35.6 Å². The molecule has 6 heterocycles. The Balaban J connectivity index is 1.34. The molecule has 4 aliphatic rings. The lowest BCUT2D eigenvalue weighted by atomic mass is 9.84. The largest absolute Gasteiger partial charge is 0.334 e. The molecule has 0 saturated carbocycles. The second-order valence-electron chi connectivity index (χ2n) is 9.04. The average molecular weight is 401 g/mol. The van der Waals surface area contributed by atoms with E-state index in [9.17, 15) is 4.79 Å². The standard InChI is InChI=1S/C25H28N4O/c30-25(26-23-17-27-13-9-19(23)10-14-27)29-15-11-18-4-1-2-6-22(18)24(29)20-7-8-21-5-3-12-28(21)16-20/h1-8,12,16,19,23-24H,9-11,13-15,17H2,(H,26,30)/t23-,24+/m1/s1. The van der Waals surface area contributed by atoms with Crippen LogP contribution in [-0.4, -0.2) is 52.5 Å². The fourth-order valence-electron chi connectivity index (χ4n) is 5.73. The molecular formula is C25H28N4O. The Morgan fingerprint density at radius 2 is 1.83 bits per heavy atom. The average Bonchev–Trinajstić information content (AvgIpc) is 3.27. The lowest BCUT2D eigenvalue weighted by molar-refractivity contribution is 0.0715. The van der Waals surface area contributed by atoms with E-state index in [4.69, 9.17) is 0 Å². The molecule has 3 saturated heterocycles. The predicted molar refractivity (Wildman–Crippen MR) is 118 cm³/mol. The van der Waals surface area contributed by atoms with Crippen molar-refractivity contribution in [3.8, 4) is 0 Å². The highest BCUT2D eigenvalue weighted by Gasteiger charge is 2.38. The molecule has 1 N–H and O–H groups in total. The van der Waals surface area contributed by atoms with E-state index < -0.39 is 0 Å². The van der Waals surface area contributed by atoms with Gasteiger partial charge in [0.25, 0.3) is 0 Å². The van der Waals surface area contributed by atoms with Crippen LogP contribution in [0.5, 0.6) is 0 Å². The van der Waals surface area contributed by atoms with Gasteiger partial charge in [0.05, 0.1) is 6.04 Å². The Labute approximate surface area is 177 Å². The number of aromatic nitrogens is 1. The van der Waals surface area contributed by atoms with E-state index in [1.165, 1.54) is 42.6 Å². The monoisotopic (exact) mass is 400 g/mol. The van der Waals surface area contributed by atoms with Crippen molar-refractivity contribution in [1.82, 2.24) is 19.5 Å². The summed E-state index contributed by atoms with van der Waals surface area (Å²) in [5, 5.41) is 3.42. The maximum absolute atomic E-state index is 13.5. The highest BCUT2D eigenvalue weighted by atomic mass is 16.2. The number of amides is 2. The summed E-state index contributed by atoms with van der Waals surface area (Å²) in [6, 6.07) is 17.4. The van der Waals surface area contributed by atoms with Crippen LogP contribution in [0.4, 0.5) is 4.79 Å². The van der Waals surface area contributed by atoms with Gasteiger partial charge in [-0.25, -0.2) is 4.79 Å². The second kappa shape index (κ2) is 7.17. The molecule has 4 aliphatic heterocycles. The van der Waals surface area contributed by atoms with Crippen LogP contribution in [0, 0.1) is 5.92 Å². The summed E-state index contributed by atoms with van der Waals surface area (Å²) >= 11 is 0. The Morgan fingerprint density at radius 1 is 0.967 bits per heavy atom. The number of rotatable bonds is 2. The van der Waals surface area contributed by atoms with E-state index in [0.29, 0.717) is 5.92 Å². The van der Waals surface area contributed by atoms with Crippen molar-refractivity contribution in [3.63, 3.8) is 0 Å². The second-order valence-corrected chi connectivity index (χ2v) is 9.04. The van der Waals surface area contributed by atoms with Gasteiger partial charge in [-0.2, -0.15) is 0 Å². The van der Waals surface area contributed by atoms with Gasteiger partial charge in [0.2, 0.25) is 0 Å². The van der Waals surface area contributed by atoms with E-state index in [2.05, 4.69) is 80.4 Å². The van der Waals surface area contributed by atoms with E-state index in [0.717, 1.165) is 25.1 Å². The summed E-state index contributed by atoms with van der Waals surface area (Å²) in [6.45, 7) is 4.13. The quantitative estimate of drug-likeness (QED) is 0.713. The molecule has 3 fully saturated rings. The van der Waals surface area contributed by atoms with Crippen LogP contribution in [0.3, 0.4) is 0 Å². The minimum Gasteiger partial charge on any atom is -0.334 e. The minimum absolute atomic E-state index is 0.0529. The molecule has 1 aromatic carbocycles. The first-order valence-corrected chi connectivity index (χ1v) is 11.2. The van der Waals surface area contributed by atoms with E-state index >= 15 is 0 Å². The van der Waals surface area contributed by atoms with Crippen LogP contribution in [-0.2, 0) is 6.42 Å². The number of hydrogen-bond donors (Lipinski definition) is 1. The van der Waals surface area contributed by atoms with Crippen LogP contribution in [0.15, 0.2) is 60.9 Å². The number of piperidine rings is 3. The van der Waals surface area contributed by atoms with Crippen molar-refractivity contribution in [1.29, 1.82) is 0 Å². The fourth-order valence-corrected chi connectivity index (χ4v) is 5.73. The molecule has 2 amide bonds. The van der Waals surface area contributed by atoms with Gasteiger partial charge in [-0.3, -0.25) is 0 Å². The third-order valence-corrected chi connectivity index (χ3v) is 7.37. The van der Waals surface area contributed by atoms with Gasteiger partial charge in [-0.15, -0.1) is 0 Å². The lowest BCUT2D eigenvalue weighted by Gasteiger charge is -2.46. The van der Waals surface area contributed by atoms with Crippen molar-refractivity contribution < 1.29 is 4.79 Å². The molecule has 5 nitrogen and oxygen atoms in total. The fraction of sp³-hybridized carbons (Fsp3) is 0.400. The molecule has 154 valence electrons. The molecule has 2 bridgehead atoms.